The Hall–Kier alpha value is -1.55. The standard InChI is InChI=1S/C13H16ClNO3/c14-11-7-4-3-6-10(11)13(18)15-9-5-1-2-8-12(16)17/h3-4,6-7H,1-2,5,8-9H2,(H,15,18)(H,16,17)/p-1. The van der Waals surface area contributed by atoms with Crippen molar-refractivity contribution >= 4 is 23.5 Å². The normalized spacial score (nSPS) is 10.1. The third kappa shape index (κ3) is 5.19. The molecule has 0 spiro atoms. The van der Waals surface area contributed by atoms with Crippen molar-refractivity contribution in [3.63, 3.8) is 0 Å². The number of aliphatic carboxylic acids is 1. The molecule has 0 atom stereocenters. The number of halogens is 1. The van der Waals surface area contributed by atoms with Gasteiger partial charge in [0.25, 0.3) is 5.91 Å². The smallest absolute Gasteiger partial charge is 0.252 e. The van der Waals surface area contributed by atoms with Crippen LogP contribution in [-0.4, -0.2) is 18.4 Å². The van der Waals surface area contributed by atoms with Crippen molar-refractivity contribution in [3.8, 4) is 0 Å². The Morgan fingerprint density at radius 2 is 1.89 bits per heavy atom. The molecule has 1 rings (SSSR count). The van der Waals surface area contributed by atoms with Crippen LogP contribution in [0.15, 0.2) is 24.3 Å². The van der Waals surface area contributed by atoms with E-state index in [0.717, 1.165) is 12.8 Å². The summed E-state index contributed by atoms with van der Waals surface area (Å²) in [6.45, 7) is 0.511. The molecule has 0 bridgehead atoms. The van der Waals surface area contributed by atoms with Crippen molar-refractivity contribution in [2.75, 3.05) is 6.54 Å². The van der Waals surface area contributed by atoms with Crippen LogP contribution in [0.4, 0.5) is 0 Å². The predicted molar refractivity (Wildman–Crippen MR) is 67.3 cm³/mol. The first-order chi connectivity index (χ1) is 8.61. The average Bonchev–Trinajstić information content (AvgIpc) is 2.33. The summed E-state index contributed by atoms with van der Waals surface area (Å²) in [6.07, 6.45) is 2.13. The monoisotopic (exact) mass is 268 g/mol. The molecule has 0 aliphatic heterocycles. The van der Waals surface area contributed by atoms with Crippen molar-refractivity contribution in [2.45, 2.75) is 25.7 Å². The lowest BCUT2D eigenvalue weighted by Gasteiger charge is -2.06. The highest BCUT2D eigenvalue weighted by Crippen LogP contribution is 2.14. The third-order valence-corrected chi connectivity index (χ3v) is 2.79. The van der Waals surface area contributed by atoms with Crippen LogP contribution in [0.5, 0.6) is 0 Å². The zero-order chi connectivity index (χ0) is 13.4. The van der Waals surface area contributed by atoms with Crippen LogP contribution < -0.4 is 10.4 Å². The highest BCUT2D eigenvalue weighted by Gasteiger charge is 2.07. The van der Waals surface area contributed by atoms with Crippen molar-refractivity contribution in [2.24, 2.45) is 0 Å². The number of rotatable bonds is 7. The van der Waals surface area contributed by atoms with Crippen LogP contribution in [0.3, 0.4) is 0 Å². The van der Waals surface area contributed by atoms with Gasteiger partial charge in [-0.3, -0.25) is 4.79 Å². The molecule has 5 heteroatoms. The number of carboxylic acids is 1. The summed E-state index contributed by atoms with van der Waals surface area (Å²) in [4.78, 5) is 21.9. The molecule has 0 aliphatic carbocycles. The van der Waals surface area contributed by atoms with Gasteiger partial charge in [0.05, 0.1) is 10.6 Å². The fraction of sp³-hybridized carbons (Fsp3) is 0.385. The van der Waals surface area contributed by atoms with E-state index in [4.69, 9.17) is 11.6 Å². The van der Waals surface area contributed by atoms with E-state index in [2.05, 4.69) is 5.32 Å². The van der Waals surface area contributed by atoms with Crippen molar-refractivity contribution in [1.29, 1.82) is 0 Å². The second kappa shape index (κ2) is 7.71. The molecule has 0 unspecified atom stereocenters. The number of carbonyl (C=O) groups is 2. The maximum atomic E-state index is 11.7. The highest BCUT2D eigenvalue weighted by molar-refractivity contribution is 6.33. The Kier molecular flexibility index (Phi) is 6.22. The van der Waals surface area contributed by atoms with E-state index in [1.807, 2.05) is 0 Å². The van der Waals surface area contributed by atoms with E-state index in [1.165, 1.54) is 0 Å². The summed E-state index contributed by atoms with van der Waals surface area (Å²) in [5.41, 5.74) is 0.453. The lowest BCUT2D eigenvalue weighted by atomic mass is 10.2. The minimum absolute atomic E-state index is 0.0679. The topological polar surface area (TPSA) is 69.2 Å². The maximum absolute atomic E-state index is 11.7. The van der Waals surface area contributed by atoms with Gasteiger partial charge < -0.3 is 15.2 Å². The Bertz CT molecular complexity index is 420. The molecule has 18 heavy (non-hydrogen) atoms. The van der Waals surface area contributed by atoms with Gasteiger partial charge in [0, 0.05) is 12.5 Å². The SMILES string of the molecule is O=C([O-])CCCCCNC(=O)c1ccccc1Cl. The second-order valence-corrected chi connectivity index (χ2v) is 4.33. The van der Waals surface area contributed by atoms with Crippen LogP contribution in [-0.2, 0) is 4.79 Å². The summed E-state index contributed by atoms with van der Waals surface area (Å²) < 4.78 is 0. The van der Waals surface area contributed by atoms with Crippen molar-refractivity contribution in [1.82, 2.24) is 5.32 Å². The molecule has 4 nitrogen and oxygen atoms in total. The maximum Gasteiger partial charge on any atom is 0.252 e. The van der Waals surface area contributed by atoms with Crippen molar-refractivity contribution in [3.05, 3.63) is 34.9 Å². The molecule has 0 saturated heterocycles. The molecular weight excluding hydrogens is 254 g/mol. The van der Waals surface area contributed by atoms with Crippen molar-refractivity contribution < 1.29 is 14.7 Å². The Balaban J connectivity index is 2.22. The summed E-state index contributed by atoms with van der Waals surface area (Å²) in [5, 5.41) is 13.3. The zero-order valence-corrected chi connectivity index (χ0v) is 10.7. The van der Waals surface area contributed by atoms with Gasteiger partial charge in [0.15, 0.2) is 0 Å². The lowest BCUT2D eigenvalue weighted by Crippen LogP contribution is -2.25. The average molecular weight is 269 g/mol. The first-order valence-corrected chi connectivity index (χ1v) is 6.21. The summed E-state index contributed by atoms with van der Waals surface area (Å²) >= 11 is 5.88. The van der Waals surface area contributed by atoms with Crippen LogP contribution in [0, 0.1) is 0 Å². The van der Waals surface area contributed by atoms with E-state index < -0.39 is 5.97 Å². The quantitative estimate of drug-likeness (QED) is 0.760. The van der Waals surface area contributed by atoms with Crippen LogP contribution in [0.1, 0.15) is 36.0 Å². The van der Waals surface area contributed by atoms with Gasteiger partial charge in [0.2, 0.25) is 0 Å². The van der Waals surface area contributed by atoms with Gasteiger partial charge >= 0.3 is 0 Å². The molecule has 1 N–H and O–H groups in total. The molecule has 98 valence electrons. The Morgan fingerprint density at radius 3 is 2.56 bits per heavy atom. The molecule has 0 aliphatic rings. The van der Waals surface area contributed by atoms with Gasteiger partial charge in [-0.15, -0.1) is 0 Å². The van der Waals surface area contributed by atoms with E-state index in [0.29, 0.717) is 23.6 Å². The molecule has 0 saturated carbocycles. The van der Waals surface area contributed by atoms with Gasteiger partial charge in [-0.1, -0.05) is 30.2 Å². The molecule has 1 aromatic rings. The fourth-order valence-electron chi connectivity index (χ4n) is 1.51. The first kappa shape index (κ1) is 14.5. The fourth-order valence-corrected chi connectivity index (χ4v) is 1.74. The largest absolute Gasteiger partial charge is 0.550 e. The lowest BCUT2D eigenvalue weighted by molar-refractivity contribution is -0.305. The molecule has 1 amide bonds. The van der Waals surface area contributed by atoms with E-state index in [9.17, 15) is 14.7 Å². The van der Waals surface area contributed by atoms with Gasteiger partial charge in [-0.05, 0) is 31.4 Å². The Morgan fingerprint density at radius 1 is 1.17 bits per heavy atom. The van der Waals surface area contributed by atoms with E-state index in [1.54, 1.807) is 24.3 Å². The summed E-state index contributed by atoms with van der Waals surface area (Å²) in [7, 11) is 0. The number of carboxylic acid groups (broad SMARTS) is 1. The van der Waals surface area contributed by atoms with Crippen LogP contribution in [0.25, 0.3) is 0 Å². The minimum Gasteiger partial charge on any atom is -0.550 e. The molecule has 0 radical (unpaired) electrons. The predicted octanol–water partition coefficient (Wildman–Crippen LogP) is 1.38. The summed E-state index contributed by atoms with van der Waals surface area (Å²) in [5.74, 6) is -1.24. The second-order valence-electron chi connectivity index (χ2n) is 3.92. The summed E-state index contributed by atoms with van der Waals surface area (Å²) in [6, 6.07) is 6.84. The number of carbonyl (C=O) groups excluding carboxylic acids is 2. The number of hydrogen-bond donors (Lipinski definition) is 1. The number of benzene rings is 1. The van der Waals surface area contributed by atoms with Crippen LogP contribution in [0.2, 0.25) is 5.02 Å². The van der Waals surface area contributed by atoms with Gasteiger partial charge in [-0.25, -0.2) is 0 Å². The highest BCUT2D eigenvalue weighted by atomic mass is 35.5. The number of nitrogens with one attached hydrogen (secondary N) is 1. The molecular formula is C13H15ClNO3-. The van der Waals surface area contributed by atoms with E-state index in [-0.39, 0.29) is 12.3 Å². The molecule has 1 aromatic carbocycles. The van der Waals surface area contributed by atoms with Crippen LogP contribution >= 0.6 is 11.6 Å². The number of unbranched alkanes of at least 4 members (excludes halogenated alkanes) is 2. The first-order valence-electron chi connectivity index (χ1n) is 5.84. The molecule has 0 heterocycles. The number of amides is 1. The Labute approximate surface area is 111 Å². The van der Waals surface area contributed by atoms with Gasteiger partial charge in [-0.2, -0.15) is 0 Å². The molecule has 0 fully saturated rings. The molecule has 0 aromatic heterocycles. The minimum atomic E-state index is -1.03. The van der Waals surface area contributed by atoms with E-state index >= 15 is 0 Å². The van der Waals surface area contributed by atoms with Gasteiger partial charge in [0.1, 0.15) is 0 Å². The number of hydrogen-bond acceptors (Lipinski definition) is 3. The zero-order valence-electron chi connectivity index (χ0n) is 9.95. The third-order valence-electron chi connectivity index (χ3n) is 2.46.